The number of aryl methyl sites for hydroxylation is 1. The molecule has 122 valence electrons. The van der Waals surface area contributed by atoms with Crippen LogP contribution in [0.2, 0.25) is 0 Å². The van der Waals surface area contributed by atoms with Gasteiger partial charge in [-0.25, -0.2) is 4.39 Å². The molecule has 24 heavy (non-hydrogen) atoms. The van der Waals surface area contributed by atoms with E-state index in [0.29, 0.717) is 17.4 Å². The first-order valence-electron chi connectivity index (χ1n) is 7.36. The van der Waals surface area contributed by atoms with Crippen LogP contribution in [0.4, 0.5) is 21.5 Å². The molecule has 2 aromatic carbocycles. The van der Waals surface area contributed by atoms with Crippen LogP contribution in [0.5, 0.6) is 0 Å². The molecular weight excluding hydrogens is 313 g/mol. The van der Waals surface area contributed by atoms with Gasteiger partial charge in [-0.05, 0) is 25.1 Å². The van der Waals surface area contributed by atoms with E-state index in [2.05, 4.69) is 5.32 Å². The zero-order valence-corrected chi connectivity index (χ0v) is 12.8. The van der Waals surface area contributed by atoms with Crippen LogP contribution < -0.4 is 10.9 Å². The molecule has 0 bridgehead atoms. The minimum absolute atomic E-state index is 0.00426. The fourth-order valence-corrected chi connectivity index (χ4v) is 2.70. The van der Waals surface area contributed by atoms with Crippen molar-refractivity contribution in [3.05, 3.63) is 74.8 Å². The standard InChI is InChI=1S/C17H14FN3O3/c1-2-20-14-10-6-3-7-11(14)15(16(17(20)22)21(23)24)19-13-9-5-4-8-12(13)18/h3-10,19H,2H2,1H3. The van der Waals surface area contributed by atoms with E-state index in [1.165, 1.54) is 22.8 Å². The summed E-state index contributed by atoms with van der Waals surface area (Å²) in [6, 6.07) is 12.6. The number of anilines is 2. The first-order valence-corrected chi connectivity index (χ1v) is 7.36. The fourth-order valence-electron chi connectivity index (χ4n) is 2.70. The van der Waals surface area contributed by atoms with Gasteiger partial charge in [0.1, 0.15) is 11.5 Å². The normalized spacial score (nSPS) is 10.8. The van der Waals surface area contributed by atoms with Crippen molar-refractivity contribution in [3.8, 4) is 0 Å². The molecule has 0 unspecified atom stereocenters. The third-order valence-electron chi connectivity index (χ3n) is 3.78. The summed E-state index contributed by atoms with van der Waals surface area (Å²) in [4.78, 5) is 23.3. The van der Waals surface area contributed by atoms with Crippen LogP contribution in [0.15, 0.2) is 53.3 Å². The average molecular weight is 327 g/mol. The minimum atomic E-state index is -0.732. The van der Waals surface area contributed by atoms with Crippen molar-refractivity contribution in [1.82, 2.24) is 4.57 Å². The zero-order chi connectivity index (χ0) is 17.3. The number of benzene rings is 2. The highest BCUT2D eigenvalue weighted by Crippen LogP contribution is 2.33. The second kappa shape index (κ2) is 6.11. The molecule has 3 rings (SSSR count). The second-order valence-corrected chi connectivity index (χ2v) is 5.15. The number of halogens is 1. The lowest BCUT2D eigenvalue weighted by atomic mass is 10.1. The molecule has 1 N–H and O–H groups in total. The first-order chi connectivity index (χ1) is 11.5. The number of rotatable bonds is 4. The topological polar surface area (TPSA) is 77.2 Å². The van der Waals surface area contributed by atoms with Gasteiger partial charge in [0.15, 0.2) is 0 Å². The van der Waals surface area contributed by atoms with Crippen molar-refractivity contribution in [2.45, 2.75) is 13.5 Å². The van der Waals surface area contributed by atoms with Gasteiger partial charge in [0, 0.05) is 11.9 Å². The SMILES string of the molecule is CCn1c(=O)c([N+](=O)[O-])c(Nc2ccccc2F)c2ccccc21. The Morgan fingerprint density at radius 2 is 1.83 bits per heavy atom. The average Bonchev–Trinajstić information content (AvgIpc) is 2.57. The lowest BCUT2D eigenvalue weighted by Crippen LogP contribution is -2.23. The van der Waals surface area contributed by atoms with Crippen molar-refractivity contribution in [3.63, 3.8) is 0 Å². The van der Waals surface area contributed by atoms with Crippen molar-refractivity contribution in [2.24, 2.45) is 0 Å². The number of fused-ring (bicyclic) bond motifs is 1. The molecule has 0 fully saturated rings. The predicted octanol–water partition coefficient (Wildman–Crippen LogP) is 3.81. The molecule has 6 nitrogen and oxygen atoms in total. The Kier molecular flexibility index (Phi) is 3.99. The molecule has 0 atom stereocenters. The number of hydrogen-bond donors (Lipinski definition) is 1. The number of para-hydroxylation sites is 2. The highest BCUT2D eigenvalue weighted by atomic mass is 19.1. The maximum atomic E-state index is 13.9. The molecule has 0 aliphatic heterocycles. The van der Waals surface area contributed by atoms with Gasteiger partial charge in [-0.15, -0.1) is 0 Å². The molecule has 1 heterocycles. The number of nitro groups is 1. The lowest BCUT2D eigenvalue weighted by Gasteiger charge is -2.14. The highest BCUT2D eigenvalue weighted by molar-refractivity contribution is 5.97. The van der Waals surface area contributed by atoms with Gasteiger partial charge in [0.25, 0.3) is 0 Å². The first kappa shape index (κ1) is 15.7. The summed E-state index contributed by atoms with van der Waals surface area (Å²) < 4.78 is 15.3. The highest BCUT2D eigenvalue weighted by Gasteiger charge is 2.25. The summed E-state index contributed by atoms with van der Waals surface area (Å²) in [5.74, 6) is -0.560. The molecular formula is C17H14FN3O3. The molecule has 3 aromatic rings. The van der Waals surface area contributed by atoms with Crippen LogP contribution in [0, 0.1) is 15.9 Å². The Bertz CT molecular complexity index is 998. The van der Waals surface area contributed by atoms with Crippen LogP contribution in [0.25, 0.3) is 10.9 Å². The Hall–Kier alpha value is -3.22. The Morgan fingerprint density at radius 1 is 1.17 bits per heavy atom. The van der Waals surface area contributed by atoms with Crippen LogP contribution in [0.1, 0.15) is 6.92 Å². The maximum Gasteiger partial charge on any atom is 0.357 e. The van der Waals surface area contributed by atoms with Crippen molar-refractivity contribution in [2.75, 3.05) is 5.32 Å². The van der Waals surface area contributed by atoms with E-state index in [9.17, 15) is 19.3 Å². The Labute approximate surface area is 136 Å². The number of pyridine rings is 1. The van der Waals surface area contributed by atoms with Gasteiger partial charge in [-0.1, -0.05) is 30.3 Å². The van der Waals surface area contributed by atoms with Crippen LogP contribution >= 0.6 is 0 Å². The molecule has 0 amide bonds. The summed E-state index contributed by atoms with van der Waals surface area (Å²) in [5, 5.41) is 14.7. The number of nitrogens with one attached hydrogen (secondary N) is 1. The van der Waals surface area contributed by atoms with E-state index in [-0.39, 0.29) is 11.4 Å². The molecule has 0 saturated carbocycles. The lowest BCUT2D eigenvalue weighted by molar-refractivity contribution is -0.385. The minimum Gasteiger partial charge on any atom is -0.347 e. The molecule has 1 aromatic heterocycles. The van der Waals surface area contributed by atoms with E-state index in [0.717, 1.165) is 0 Å². The van der Waals surface area contributed by atoms with Crippen molar-refractivity contribution in [1.29, 1.82) is 0 Å². The van der Waals surface area contributed by atoms with Crippen LogP contribution in [0.3, 0.4) is 0 Å². The van der Waals surface area contributed by atoms with Gasteiger partial charge in [-0.2, -0.15) is 0 Å². The maximum absolute atomic E-state index is 13.9. The molecule has 0 radical (unpaired) electrons. The van der Waals surface area contributed by atoms with E-state index >= 15 is 0 Å². The van der Waals surface area contributed by atoms with Gasteiger partial charge >= 0.3 is 11.2 Å². The Balaban J connectivity index is 2.37. The zero-order valence-electron chi connectivity index (χ0n) is 12.8. The van der Waals surface area contributed by atoms with Crippen molar-refractivity contribution < 1.29 is 9.31 Å². The van der Waals surface area contributed by atoms with Gasteiger partial charge in [0.05, 0.1) is 16.1 Å². The smallest absolute Gasteiger partial charge is 0.347 e. The molecule has 0 spiro atoms. The van der Waals surface area contributed by atoms with Gasteiger partial charge in [-0.3, -0.25) is 14.9 Å². The summed E-state index contributed by atoms with van der Waals surface area (Å²) >= 11 is 0. The van der Waals surface area contributed by atoms with E-state index < -0.39 is 22.0 Å². The third kappa shape index (κ3) is 2.50. The predicted molar refractivity (Wildman–Crippen MR) is 90.2 cm³/mol. The largest absolute Gasteiger partial charge is 0.357 e. The van der Waals surface area contributed by atoms with Gasteiger partial charge in [0.2, 0.25) is 0 Å². The van der Waals surface area contributed by atoms with Crippen molar-refractivity contribution >= 4 is 28.0 Å². The van der Waals surface area contributed by atoms with E-state index in [4.69, 9.17) is 0 Å². The monoisotopic (exact) mass is 327 g/mol. The van der Waals surface area contributed by atoms with Crippen LogP contribution in [-0.4, -0.2) is 9.49 Å². The van der Waals surface area contributed by atoms with E-state index in [1.807, 2.05) is 0 Å². The summed E-state index contributed by atoms with van der Waals surface area (Å²) in [5.41, 5.74) is -0.705. The fraction of sp³-hybridized carbons (Fsp3) is 0.118. The quantitative estimate of drug-likeness (QED) is 0.584. The second-order valence-electron chi connectivity index (χ2n) is 5.15. The summed E-state index contributed by atoms with van der Waals surface area (Å²) in [7, 11) is 0. The molecule has 0 aliphatic rings. The molecule has 7 heteroatoms. The Morgan fingerprint density at radius 3 is 2.50 bits per heavy atom. The van der Waals surface area contributed by atoms with Gasteiger partial charge < -0.3 is 9.88 Å². The number of nitrogens with zero attached hydrogens (tertiary/aromatic N) is 2. The van der Waals surface area contributed by atoms with E-state index in [1.54, 1.807) is 37.3 Å². The summed E-state index contributed by atoms with van der Waals surface area (Å²) in [6.07, 6.45) is 0. The molecule has 0 aliphatic carbocycles. The number of aromatic nitrogens is 1. The third-order valence-corrected chi connectivity index (χ3v) is 3.78. The summed E-state index contributed by atoms with van der Waals surface area (Å²) in [6.45, 7) is 2.03. The molecule has 0 saturated heterocycles. The number of hydrogen-bond acceptors (Lipinski definition) is 4. The van der Waals surface area contributed by atoms with Crippen LogP contribution in [-0.2, 0) is 6.54 Å².